The summed E-state index contributed by atoms with van der Waals surface area (Å²) in [5.74, 6) is 1.70. The third-order valence-electron chi connectivity index (χ3n) is 3.83. The standard InChI is InChI=1S/C13H22N4OS/c1-18-8-7-17-6-2-3-11(9-17)14-13-15-12(16-19-13)10-4-5-10/h10-11H,2-9H2,1H3,(H,14,15,16)/t11-/m0/s1. The molecule has 1 aliphatic carbocycles. The highest BCUT2D eigenvalue weighted by Gasteiger charge is 2.28. The van der Waals surface area contributed by atoms with E-state index < -0.39 is 0 Å². The summed E-state index contributed by atoms with van der Waals surface area (Å²) in [7, 11) is 1.76. The first-order chi connectivity index (χ1) is 9.35. The second kappa shape index (κ2) is 6.15. The number of anilines is 1. The molecular formula is C13H22N4OS. The highest BCUT2D eigenvalue weighted by Crippen LogP contribution is 2.39. The van der Waals surface area contributed by atoms with Gasteiger partial charge in [-0.3, -0.25) is 4.90 Å². The van der Waals surface area contributed by atoms with E-state index in [1.54, 1.807) is 7.11 Å². The number of rotatable bonds is 6. The zero-order valence-electron chi connectivity index (χ0n) is 11.5. The molecule has 1 aromatic heterocycles. The van der Waals surface area contributed by atoms with Crippen molar-refractivity contribution in [3.05, 3.63) is 5.82 Å². The average molecular weight is 282 g/mol. The van der Waals surface area contributed by atoms with E-state index in [2.05, 4.69) is 19.6 Å². The molecule has 1 N–H and O–H groups in total. The minimum absolute atomic E-state index is 0.505. The molecule has 0 aromatic carbocycles. The molecule has 0 bridgehead atoms. The summed E-state index contributed by atoms with van der Waals surface area (Å²) >= 11 is 1.52. The van der Waals surface area contributed by atoms with E-state index in [-0.39, 0.29) is 0 Å². The molecule has 1 aromatic rings. The van der Waals surface area contributed by atoms with Crippen LogP contribution in [0.3, 0.4) is 0 Å². The molecule has 0 radical (unpaired) electrons. The molecule has 5 nitrogen and oxygen atoms in total. The van der Waals surface area contributed by atoms with Crippen LogP contribution in [0.2, 0.25) is 0 Å². The molecule has 0 spiro atoms. The molecule has 0 unspecified atom stereocenters. The molecule has 106 valence electrons. The largest absolute Gasteiger partial charge is 0.383 e. The highest BCUT2D eigenvalue weighted by molar-refractivity contribution is 7.09. The van der Waals surface area contributed by atoms with Gasteiger partial charge in [0.05, 0.1) is 6.61 Å². The summed E-state index contributed by atoms with van der Waals surface area (Å²) in [5, 5.41) is 4.55. The molecule has 1 saturated heterocycles. The Hall–Kier alpha value is -0.720. The summed E-state index contributed by atoms with van der Waals surface area (Å²) < 4.78 is 9.60. The number of likely N-dealkylation sites (tertiary alicyclic amines) is 1. The Kier molecular flexibility index (Phi) is 4.30. The van der Waals surface area contributed by atoms with Crippen molar-refractivity contribution in [3.8, 4) is 0 Å². The van der Waals surface area contributed by atoms with Crippen LogP contribution in [0.1, 0.15) is 37.4 Å². The summed E-state index contributed by atoms with van der Waals surface area (Å²) in [6, 6.07) is 0.505. The van der Waals surface area contributed by atoms with Crippen molar-refractivity contribution in [3.63, 3.8) is 0 Å². The molecule has 1 atom stereocenters. The average Bonchev–Trinajstić information content (AvgIpc) is 3.18. The van der Waals surface area contributed by atoms with Gasteiger partial charge in [-0.1, -0.05) is 0 Å². The number of hydrogen-bond donors (Lipinski definition) is 1. The predicted octanol–water partition coefficient (Wildman–Crippen LogP) is 1.94. The number of methoxy groups -OCH3 is 1. The zero-order chi connectivity index (χ0) is 13.1. The molecule has 1 aliphatic heterocycles. The van der Waals surface area contributed by atoms with Gasteiger partial charge >= 0.3 is 0 Å². The van der Waals surface area contributed by atoms with Crippen LogP contribution in [0.25, 0.3) is 0 Å². The smallest absolute Gasteiger partial charge is 0.202 e. The molecule has 19 heavy (non-hydrogen) atoms. The second-order valence-corrected chi connectivity index (χ2v) is 6.26. The van der Waals surface area contributed by atoms with Gasteiger partial charge in [0.2, 0.25) is 5.13 Å². The van der Waals surface area contributed by atoms with Gasteiger partial charge in [-0.2, -0.15) is 4.37 Å². The molecule has 2 fully saturated rings. The van der Waals surface area contributed by atoms with Gasteiger partial charge in [0.1, 0.15) is 5.82 Å². The van der Waals surface area contributed by atoms with E-state index in [0.29, 0.717) is 12.0 Å². The number of piperidine rings is 1. The Morgan fingerprint density at radius 3 is 3.11 bits per heavy atom. The quantitative estimate of drug-likeness (QED) is 0.864. The minimum Gasteiger partial charge on any atom is -0.383 e. The Balaban J connectivity index is 1.50. The van der Waals surface area contributed by atoms with Gasteiger partial charge in [-0.15, -0.1) is 0 Å². The number of nitrogens with one attached hydrogen (secondary N) is 1. The second-order valence-electron chi connectivity index (χ2n) is 5.51. The van der Waals surface area contributed by atoms with Crippen LogP contribution in [0.15, 0.2) is 0 Å². The minimum atomic E-state index is 0.505. The molecule has 2 heterocycles. The SMILES string of the molecule is COCCN1CCC[C@H](Nc2nc(C3CC3)ns2)C1. The molecule has 0 amide bonds. The lowest BCUT2D eigenvalue weighted by molar-refractivity contribution is 0.131. The fraction of sp³-hybridized carbons (Fsp3) is 0.846. The van der Waals surface area contributed by atoms with Crippen molar-refractivity contribution < 1.29 is 4.74 Å². The molecule has 3 rings (SSSR count). The Bertz CT molecular complexity index is 407. The van der Waals surface area contributed by atoms with Gasteiger partial charge in [0.15, 0.2) is 0 Å². The van der Waals surface area contributed by atoms with E-state index in [9.17, 15) is 0 Å². The van der Waals surface area contributed by atoms with E-state index in [1.807, 2.05) is 0 Å². The third kappa shape index (κ3) is 3.64. The third-order valence-corrected chi connectivity index (χ3v) is 4.49. The van der Waals surface area contributed by atoms with Crippen molar-refractivity contribution in [1.82, 2.24) is 14.3 Å². The maximum absolute atomic E-state index is 5.15. The van der Waals surface area contributed by atoms with E-state index in [4.69, 9.17) is 4.74 Å². The van der Waals surface area contributed by atoms with Gasteiger partial charge in [0.25, 0.3) is 0 Å². The molecule has 2 aliphatic rings. The highest BCUT2D eigenvalue weighted by atomic mass is 32.1. The van der Waals surface area contributed by atoms with Crippen LogP contribution in [0, 0.1) is 0 Å². The van der Waals surface area contributed by atoms with Crippen molar-refractivity contribution >= 4 is 16.7 Å². The van der Waals surface area contributed by atoms with Crippen LogP contribution in [-0.4, -0.2) is 53.7 Å². The number of nitrogens with zero attached hydrogens (tertiary/aromatic N) is 3. The van der Waals surface area contributed by atoms with E-state index in [1.165, 1.54) is 43.8 Å². The maximum Gasteiger partial charge on any atom is 0.202 e. The van der Waals surface area contributed by atoms with E-state index in [0.717, 1.165) is 30.7 Å². The molecule has 1 saturated carbocycles. The van der Waals surface area contributed by atoms with Crippen molar-refractivity contribution in [2.75, 3.05) is 38.7 Å². The van der Waals surface area contributed by atoms with E-state index >= 15 is 0 Å². The first-order valence-corrected chi connectivity index (χ1v) is 7.94. The van der Waals surface area contributed by atoms with Crippen molar-refractivity contribution in [1.29, 1.82) is 0 Å². The Morgan fingerprint density at radius 2 is 2.32 bits per heavy atom. The number of hydrogen-bond acceptors (Lipinski definition) is 6. The van der Waals surface area contributed by atoms with Crippen molar-refractivity contribution in [2.45, 2.75) is 37.6 Å². The van der Waals surface area contributed by atoms with Crippen LogP contribution < -0.4 is 5.32 Å². The van der Waals surface area contributed by atoms with Crippen LogP contribution in [-0.2, 0) is 4.74 Å². The zero-order valence-corrected chi connectivity index (χ0v) is 12.3. The van der Waals surface area contributed by atoms with Gasteiger partial charge < -0.3 is 10.1 Å². The van der Waals surface area contributed by atoms with Crippen molar-refractivity contribution in [2.24, 2.45) is 0 Å². The fourth-order valence-corrected chi connectivity index (χ4v) is 3.30. The molecular weight excluding hydrogens is 260 g/mol. The van der Waals surface area contributed by atoms with Gasteiger partial charge in [-0.05, 0) is 32.2 Å². The monoisotopic (exact) mass is 282 g/mol. The van der Waals surface area contributed by atoms with Gasteiger partial charge in [0, 0.05) is 43.7 Å². The molecule has 6 heteroatoms. The summed E-state index contributed by atoms with van der Waals surface area (Å²) in [5.41, 5.74) is 0. The Labute approximate surface area is 118 Å². The maximum atomic E-state index is 5.15. The summed E-state index contributed by atoms with van der Waals surface area (Å²) in [6.45, 7) is 4.11. The predicted molar refractivity (Wildman–Crippen MR) is 76.8 cm³/mol. The normalized spacial score (nSPS) is 24.6. The number of aromatic nitrogens is 2. The first-order valence-electron chi connectivity index (χ1n) is 7.16. The van der Waals surface area contributed by atoms with Crippen LogP contribution in [0.5, 0.6) is 0 Å². The van der Waals surface area contributed by atoms with Crippen LogP contribution >= 0.6 is 11.5 Å². The lowest BCUT2D eigenvalue weighted by Crippen LogP contribution is -2.43. The lowest BCUT2D eigenvalue weighted by Gasteiger charge is -2.32. The fourth-order valence-electron chi connectivity index (χ4n) is 2.57. The van der Waals surface area contributed by atoms with Crippen LogP contribution in [0.4, 0.5) is 5.13 Å². The summed E-state index contributed by atoms with van der Waals surface area (Å²) in [4.78, 5) is 7.07. The first kappa shape index (κ1) is 13.3. The summed E-state index contributed by atoms with van der Waals surface area (Å²) in [6.07, 6.45) is 5.01. The van der Waals surface area contributed by atoms with Gasteiger partial charge in [-0.25, -0.2) is 4.98 Å². The lowest BCUT2D eigenvalue weighted by atomic mass is 10.1. The number of ether oxygens (including phenoxy) is 1. The topological polar surface area (TPSA) is 50.3 Å². The Morgan fingerprint density at radius 1 is 1.42 bits per heavy atom.